The Morgan fingerprint density at radius 2 is 2.00 bits per heavy atom. The van der Waals surface area contributed by atoms with Crippen molar-refractivity contribution in [2.24, 2.45) is 0 Å². The van der Waals surface area contributed by atoms with E-state index in [1.807, 2.05) is 0 Å². The number of H-pyrrole nitrogens is 1. The Morgan fingerprint density at radius 3 is 2.72 bits per heavy atom. The van der Waals surface area contributed by atoms with Crippen molar-refractivity contribution in [2.45, 2.75) is 6.18 Å². The van der Waals surface area contributed by atoms with Gasteiger partial charge in [-0.15, -0.1) is 0 Å². The molecule has 3 aromatic rings. The van der Waals surface area contributed by atoms with E-state index in [4.69, 9.17) is 0 Å². The molecule has 0 aliphatic heterocycles. The second-order valence-corrected chi connectivity index (χ2v) is 3.44. The maximum absolute atomic E-state index is 12.4. The van der Waals surface area contributed by atoms with Gasteiger partial charge in [0.1, 0.15) is 11.8 Å². The number of alkyl halides is 3. The minimum Gasteiger partial charge on any atom is -0.340 e. The molecule has 0 amide bonds. The van der Waals surface area contributed by atoms with E-state index < -0.39 is 11.9 Å². The minimum atomic E-state index is -4.48. The quantitative estimate of drug-likeness (QED) is 0.715. The molecule has 0 aromatic carbocycles. The van der Waals surface area contributed by atoms with Gasteiger partial charge in [0.25, 0.3) is 0 Å². The summed E-state index contributed by atoms with van der Waals surface area (Å²) >= 11 is 0. The van der Waals surface area contributed by atoms with Gasteiger partial charge in [-0.3, -0.25) is 0 Å². The highest BCUT2D eigenvalue weighted by atomic mass is 19.4. The fraction of sp³-hybridized carbons (Fsp3) is 0.111. The Morgan fingerprint density at radius 1 is 1.17 bits per heavy atom. The Bertz CT molecular complexity index is 697. The fourth-order valence-corrected chi connectivity index (χ4v) is 1.52. The number of hydrogen-bond donors (Lipinski definition) is 1. The number of hydrogen-bond acceptors (Lipinski definition) is 4. The standard InChI is InChI=1S/C9H5F3N6/c10-9(11,12)5-1-2-18(17-5)8-6-7(14-3-13-6)15-4-16-8/h1-4H,(H,13,14,15,16). The molecule has 9 heteroatoms. The monoisotopic (exact) mass is 254 g/mol. The Labute approximate surface area is 97.5 Å². The average Bonchev–Trinajstić information content (AvgIpc) is 2.96. The summed E-state index contributed by atoms with van der Waals surface area (Å²) in [4.78, 5) is 14.4. The van der Waals surface area contributed by atoms with E-state index in [-0.39, 0.29) is 5.82 Å². The molecule has 0 saturated carbocycles. The maximum atomic E-state index is 12.4. The lowest BCUT2D eigenvalue weighted by atomic mass is 10.4. The molecule has 0 atom stereocenters. The highest BCUT2D eigenvalue weighted by Crippen LogP contribution is 2.28. The molecule has 3 rings (SSSR count). The Kier molecular flexibility index (Phi) is 2.09. The number of nitrogens with zero attached hydrogens (tertiary/aromatic N) is 5. The Hall–Kier alpha value is -2.45. The maximum Gasteiger partial charge on any atom is 0.435 e. The van der Waals surface area contributed by atoms with E-state index in [1.54, 1.807) is 0 Å². The first-order chi connectivity index (χ1) is 8.55. The molecule has 3 aromatic heterocycles. The average molecular weight is 254 g/mol. The number of aromatic amines is 1. The van der Waals surface area contributed by atoms with E-state index >= 15 is 0 Å². The third-order valence-corrected chi connectivity index (χ3v) is 2.30. The highest BCUT2D eigenvalue weighted by Gasteiger charge is 2.33. The van der Waals surface area contributed by atoms with E-state index in [0.717, 1.165) is 10.7 Å². The van der Waals surface area contributed by atoms with Crippen LogP contribution in [-0.4, -0.2) is 29.7 Å². The zero-order chi connectivity index (χ0) is 12.8. The third kappa shape index (κ3) is 1.60. The number of fused-ring (bicyclic) bond motifs is 1. The van der Waals surface area contributed by atoms with Crippen molar-refractivity contribution in [1.29, 1.82) is 0 Å². The van der Waals surface area contributed by atoms with Crippen molar-refractivity contribution in [3.8, 4) is 5.82 Å². The van der Waals surface area contributed by atoms with Crippen LogP contribution in [0.2, 0.25) is 0 Å². The van der Waals surface area contributed by atoms with Gasteiger partial charge in [0.2, 0.25) is 0 Å². The lowest BCUT2D eigenvalue weighted by Gasteiger charge is -2.02. The molecule has 0 unspecified atom stereocenters. The van der Waals surface area contributed by atoms with Gasteiger partial charge in [0, 0.05) is 6.20 Å². The SMILES string of the molecule is FC(F)(F)c1ccn(-c2ncnc3nc[nH]c23)n1. The van der Waals surface area contributed by atoms with Crippen molar-refractivity contribution in [1.82, 2.24) is 29.7 Å². The summed E-state index contributed by atoms with van der Waals surface area (Å²) in [6.07, 6.45) is -0.693. The van der Waals surface area contributed by atoms with Crippen molar-refractivity contribution in [3.05, 3.63) is 30.6 Å². The highest BCUT2D eigenvalue weighted by molar-refractivity contribution is 5.77. The number of aromatic nitrogens is 6. The lowest BCUT2D eigenvalue weighted by Crippen LogP contribution is -2.08. The molecular formula is C9H5F3N6. The number of halogens is 3. The van der Waals surface area contributed by atoms with E-state index in [0.29, 0.717) is 11.2 Å². The van der Waals surface area contributed by atoms with Gasteiger partial charge in [-0.2, -0.15) is 18.3 Å². The first kappa shape index (κ1) is 10.7. The lowest BCUT2D eigenvalue weighted by molar-refractivity contribution is -0.141. The first-order valence-corrected chi connectivity index (χ1v) is 4.83. The third-order valence-electron chi connectivity index (χ3n) is 2.30. The van der Waals surface area contributed by atoms with Crippen LogP contribution in [0.25, 0.3) is 17.0 Å². The van der Waals surface area contributed by atoms with Crippen LogP contribution in [0.15, 0.2) is 24.9 Å². The predicted octanol–water partition coefficient (Wildman–Crippen LogP) is 1.56. The van der Waals surface area contributed by atoms with Crippen LogP contribution in [-0.2, 0) is 6.18 Å². The molecule has 0 bridgehead atoms. The van der Waals surface area contributed by atoms with Crippen molar-refractivity contribution >= 4 is 11.2 Å². The molecule has 6 nitrogen and oxygen atoms in total. The van der Waals surface area contributed by atoms with Crippen LogP contribution in [0.4, 0.5) is 13.2 Å². The molecule has 0 fully saturated rings. The van der Waals surface area contributed by atoms with Gasteiger partial charge >= 0.3 is 6.18 Å². The van der Waals surface area contributed by atoms with Crippen LogP contribution in [0.5, 0.6) is 0 Å². The zero-order valence-corrected chi connectivity index (χ0v) is 8.68. The predicted molar refractivity (Wildman–Crippen MR) is 53.8 cm³/mol. The number of imidazole rings is 1. The van der Waals surface area contributed by atoms with Crippen molar-refractivity contribution < 1.29 is 13.2 Å². The van der Waals surface area contributed by atoms with Gasteiger partial charge < -0.3 is 4.98 Å². The molecule has 3 heterocycles. The molecule has 1 N–H and O–H groups in total. The summed E-state index contributed by atoms with van der Waals surface area (Å²) in [7, 11) is 0. The largest absolute Gasteiger partial charge is 0.435 e. The van der Waals surface area contributed by atoms with Gasteiger partial charge in [0.15, 0.2) is 17.2 Å². The summed E-state index contributed by atoms with van der Waals surface area (Å²) in [5.74, 6) is 0.216. The topological polar surface area (TPSA) is 72.3 Å². The molecule has 0 spiro atoms. The molecule has 0 saturated heterocycles. The summed E-state index contributed by atoms with van der Waals surface area (Å²) in [5.41, 5.74) is -0.188. The molecule has 0 aliphatic carbocycles. The van der Waals surface area contributed by atoms with Gasteiger partial charge in [-0.1, -0.05) is 0 Å². The first-order valence-electron chi connectivity index (χ1n) is 4.83. The van der Waals surface area contributed by atoms with Crippen LogP contribution in [0, 0.1) is 0 Å². The zero-order valence-electron chi connectivity index (χ0n) is 8.68. The number of nitrogens with one attached hydrogen (secondary N) is 1. The Balaban J connectivity index is 2.15. The second-order valence-electron chi connectivity index (χ2n) is 3.44. The molecule has 0 radical (unpaired) electrons. The van der Waals surface area contributed by atoms with Crippen LogP contribution in [0.3, 0.4) is 0 Å². The van der Waals surface area contributed by atoms with Crippen LogP contribution in [0.1, 0.15) is 5.69 Å². The smallest absolute Gasteiger partial charge is 0.340 e. The molecule has 18 heavy (non-hydrogen) atoms. The minimum absolute atomic E-state index is 0.216. The summed E-state index contributed by atoms with van der Waals surface area (Å²) in [6.45, 7) is 0. The van der Waals surface area contributed by atoms with E-state index in [1.165, 1.54) is 18.9 Å². The normalized spacial score (nSPS) is 12.2. The van der Waals surface area contributed by atoms with Crippen molar-refractivity contribution in [3.63, 3.8) is 0 Å². The van der Waals surface area contributed by atoms with E-state index in [9.17, 15) is 13.2 Å². The van der Waals surface area contributed by atoms with Crippen molar-refractivity contribution in [2.75, 3.05) is 0 Å². The van der Waals surface area contributed by atoms with Gasteiger partial charge in [0.05, 0.1) is 6.33 Å². The number of rotatable bonds is 1. The summed E-state index contributed by atoms with van der Waals surface area (Å²) in [6, 6.07) is 0.879. The van der Waals surface area contributed by atoms with Crippen LogP contribution >= 0.6 is 0 Å². The van der Waals surface area contributed by atoms with Gasteiger partial charge in [-0.05, 0) is 6.07 Å². The van der Waals surface area contributed by atoms with Gasteiger partial charge in [-0.25, -0.2) is 19.6 Å². The summed E-state index contributed by atoms with van der Waals surface area (Å²) in [5, 5.41) is 3.44. The molecular weight excluding hydrogens is 249 g/mol. The summed E-state index contributed by atoms with van der Waals surface area (Å²) < 4.78 is 38.4. The molecule has 92 valence electrons. The second kappa shape index (κ2) is 3.52. The molecule has 0 aliphatic rings. The fourth-order valence-electron chi connectivity index (χ4n) is 1.52. The van der Waals surface area contributed by atoms with E-state index in [2.05, 4.69) is 25.0 Å². The van der Waals surface area contributed by atoms with Crippen LogP contribution < -0.4 is 0 Å².